The second kappa shape index (κ2) is 9.84. The molecule has 2 aromatic carbocycles. The number of aromatic nitrogens is 1. The van der Waals surface area contributed by atoms with Crippen LogP contribution in [0.2, 0.25) is 0 Å². The van der Waals surface area contributed by atoms with E-state index in [0.29, 0.717) is 22.9 Å². The summed E-state index contributed by atoms with van der Waals surface area (Å²) in [6.07, 6.45) is 1.46. The Hall–Kier alpha value is -3.74. The summed E-state index contributed by atoms with van der Waals surface area (Å²) >= 11 is 0. The van der Waals surface area contributed by atoms with Crippen molar-refractivity contribution in [1.29, 1.82) is 0 Å². The molecule has 2 N–H and O–H groups in total. The van der Waals surface area contributed by atoms with Crippen LogP contribution in [0, 0.1) is 18.7 Å². The van der Waals surface area contributed by atoms with Gasteiger partial charge in [-0.2, -0.15) is 0 Å². The molecule has 3 rings (SSSR count). The normalized spacial score (nSPS) is 11.6. The number of nitrogens with zero attached hydrogens (tertiary/aromatic N) is 1. The van der Waals surface area contributed by atoms with Gasteiger partial charge in [0.05, 0.1) is 11.9 Å². The first-order chi connectivity index (χ1) is 14.8. The van der Waals surface area contributed by atoms with Gasteiger partial charge >= 0.3 is 0 Å². The zero-order valence-corrected chi connectivity index (χ0v) is 17.6. The van der Waals surface area contributed by atoms with Crippen LogP contribution in [0.3, 0.4) is 0 Å². The third-order valence-corrected chi connectivity index (χ3v) is 4.67. The fourth-order valence-corrected chi connectivity index (χ4v) is 2.94. The zero-order valence-electron chi connectivity index (χ0n) is 17.6. The molecule has 1 aromatic heterocycles. The van der Waals surface area contributed by atoms with Crippen LogP contribution in [0.5, 0.6) is 11.6 Å². The van der Waals surface area contributed by atoms with Crippen LogP contribution in [-0.4, -0.2) is 22.8 Å². The fraction of sp³-hybridized carbons (Fsp3) is 0.208. The first-order valence-corrected chi connectivity index (χ1v) is 9.90. The number of hydrogen-bond donors (Lipinski definition) is 2. The number of nitrogens with one attached hydrogen (secondary N) is 2. The molecule has 0 bridgehead atoms. The Morgan fingerprint density at radius 3 is 2.32 bits per heavy atom. The molecule has 6 nitrogen and oxygen atoms in total. The highest BCUT2D eigenvalue weighted by Gasteiger charge is 2.25. The van der Waals surface area contributed by atoms with Crippen molar-refractivity contribution in [1.82, 2.24) is 10.3 Å². The Balaban J connectivity index is 1.64. The Morgan fingerprint density at radius 2 is 1.71 bits per heavy atom. The van der Waals surface area contributed by atoms with Crippen LogP contribution in [0.15, 0.2) is 66.9 Å². The van der Waals surface area contributed by atoms with Crippen LogP contribution in [0.25, 0.3) is 0 Å². The van der Waals surface area contributed by atoms with Crippen molar-refractivity contribution in [2.24, 2.45) is 5.92 Å². The maximum absolute atomic E-state index is 13.0. The predicted octanol–water partition coefficient (Wildman–Crippen LogP) is 4.71. The number of amides is 2. The van der Waals surface area contributed by atoms with Gasteiger partial charge in [0.15, 0.2) is 0 Å². The lowest BCUT2D eigenvalue weighted by Gasteiger charge is -2.22. The molecular weight excluding hydrogens is 397 g/mol. The van der Waals surface area contributed by atoms with E-state index in [2.05, 4.69) is 15.6 Å². The maximum Gasteiger partial charge on any atom is 0.252 e. The molecule has 160 valence electrons. The molecule has 31 heavy (non-hydrogen) atoms. The topological polar surface area (TPSA) is 80.3 Å². The smallest absolute Gasteiger partial charge is 0.252 e. The number of benzene rings is 2. The number of ether oxygens (including phenoxy) is 1. The third kappa shape index (κ3) is 5.88. The van der Waals surface area contributed by atoms with Crippen LogP contribution in [0.1, 0.15) is 29.8 Å². The molecular formula is C24H24FN3O3. The van der Waals surface area contributed by atoms with E-state index in [1.165, 1.54) is 30.5 Å². The molecule has 3 aromatic rings. The SMILES string of the molecule is Cc1ccccc1C(=O)NC(C(=O)Nc1ccc(Oc2ccc(F)cc2)nc1)C(C)C. The average molecular weight is 421 g/mol. The molecule has 0 saturated heterocycles. The van der Waals surface area contributed by atoms with Gasteiger partial charge in [-0.25, -0.2) is 9.37 Å². The average Bonchev–Trinajstić information content (AvgIpc) is 2.75. The van der Waals surface area contributed by atoms with Gasteiger partial charge in [-0.05, 0) is 54.8 Å². The minimum atomic E-state index is -0.720. The lowest BCUT2D eigenvalue weighted by Crippen LogP contribution is -2.47. The number of carbonyl (C=O) groups is 2. The molecule has 0 radical (unpaired) electrons. The first-order valence-electron chi connectivity index (χ1n) is 9.90. The van der Waals surface area contributed by atoms with E-state index in [-0.39, 0.29) is 23.5 Å². The standard InChI is InChI=1S/C24H24FN3O3/c1-15(2)22(28-23(29)20-7-5-4-6-16(20)3)24(30)27-18-10-13-21(26-14-18)31-19-11-8-17(25)9-12-19/h4-15,22H,1-3H3,(H,27,30)(H,28,29). The van der Waals surface area contributed by atoms with Gasteiger partial charge in [-0.15, -0.1) is 0 Å². The van der Waals surface area contributed by atoms with Crippen LogP contribution in [-0.2, 0) is 4.79 Å². The minimum absolute atomic E-state index is 0.123. The van der Waals surface area contributed by atoms with Gasteiger partial charge in [-0.1, -0.05) is 32.0 Å². The van der Waals surface area contributed by atoms with E-state index < -0.39 is 6.04 Å². The first kappa shape index (κ1) is 22.0. The highest BCUT2D eigenvalue weighted by molar-refractivity contribution is 6.01. The van der Waals surface area contributed by atoms with E-state index >= 15 is 0 Å². The van der Waals surface area contributed by atoms with E-state index in [9.17, 15) is 14.0 Å². The molecule has 1 unspecified atom stereocenters. The number of aryl methyl sites for hydroxylation is 1. The number of anilines is 1. The largest absolute Gasteiger partial charge is 0.439 e. The molecule has 0 aliphatic rings. The van der Waals surface area contributed by atoms with E-state index in [4.69, 9.17) is 4.74 Å². The van der Waals surface area contributed by atoms with Crippen molar-refractivity contribution in [3.63, 3.8) is 0 Å². The molecule has 0 aliphatic carbocycles. The molecule has 7 heteroatoms. The molecule has 0 saturated carbocycles. The third-order valence-electron chi connectivity index (χ3n) is 4.67. The lowest BCUT2D eigenvalue weighted by atomic mass is 10.0. The van der Waals surface area contributed by atoms with E-state index in [1.807, 2.05) is 32.9 Å². The lowest BCUT2D eigenvalue weighted by molar-refractivity contribution is -0.118. The highest BCUT2D eigenvalue weighted by atomic mass is 19.1. The molecule has 0 spiro atoms. The van der Waals surface area contributed by atoms with Gasteiger partial charge in [-0.3, -0.25) is 9.59 Å². The summed E-state index contributed by atoms with van der Waals surface area (Å²) in [7, 11) is 0. The van der Waals surface area contributed by atoms with Gasteiger partial charge < -0.3 is 15.4 Å². The van der Waals surface area contributed by atoms with Crippen molar-refractivity contribution in [2.45, 2.75) is 26.8 Å². The van der Waals surface area contributed by atoms with E-state index in [0.717, 1.165) is 5.56 Å². The van der Waals surface area contributed by atoms with Crippen molar-refractivity contribution >= 4 is 17.5 Å². The van der Waals surface area contributed by atoms with E-state index in [1.54, 1.807) is 24.3 Å². The quantitative estimate of drug-likeness (QED) is 0.579. The Morgan fingerprint density at radius 1 is 1.00 bits per heavy atom. The number of carbonyl (C=O) groups excluding carboxylic acids is 2. The summed E-state index contributed by atoms with van der Waals surface area (Å²) in [5, 5.41) is 5.59. The molecule has 1 heterocycles. The van der Waals surface area contributed by atoms with Crippen LogP contribution < -0.4 is 15.4 Å². The second-order valence-electron chi connectivity index (χ2n) is 7.44. The Labute approximate surface area is 180 Å². The zero-order chi connectivity index (χ0) is 22.4. The summed E-state index contributed by atoms with van der Waals surface area (Å²) < 4.78 is 18.5. The maximum atomic E-state index is 13.0. The van der Waals surface area contributed by atoms with Gasteiger partial charge in [0.25, 0.3) is 5.91 Å². The van der Waals surface area contributed by atoms with Crippen molar-refractivity contribution in [2.75, 3.05) is 5.32 Å². The highest BCUT2D eigenvalue weighted by Crippen LogP contribution is 2.21. The predicted molar refractivity (Wildman–Crippen MR) is 117 cm³/mol. The monoisotopic (exact) mass is 421 g/mol. The molecule has 0 aliphatic heterocycles. The summed E-state index contributed by atoms with van der Waals surface area (Å²) in [5.41, 5.74) is 1.83. The minimum Gasteiger partial charge on any atom is -0.439 e. The fourth-order valence-electron chi connectivity index (χ4n) is 2.94. The van der Waals surface area contributed by atoms with Crippen LogP contribution in [0.4, 0.5) is 10.1 Å². The van der Waals surface area contributed by atoms with Gasteiger partial charge in [0.2, 0.25) is 11.8 Å². The number of halogens is 1. The number of hydrogen-bond acceptors (Lipinski definition) is 4. The summed E-state index contributed by atoms with van der Waals surface area (Å²) in [6.45, 7) is 5.57. The summed E-state index contributed by atoms with van der Waals surface area (Å²) in [6, 6.07) is 15.3. The molecule has 1 atom stereocenters. The molecule has 0 fully saturated rings. The number of rotatable bonds is 7. The van der Waals surface area contributed by atoms with Crippen LogP contribution >= 0.6 is 0 Å². The van der Waals surface area contributed by atoms with Crippen molar-refractivity contribution < 1.29 is 18.7 Å². The number of pyridine rings is 1. The second-order valence-corrected chi connectivity index (χ2v) is 7.44. The Bertz CT molecular complexity index is 1050. The summed E-state index contributed by atoms with van der Waals surface area (Å²) in [4.78, 5) is 29.6. The molecule has 2 amide bonds. The van der Waals surface area contributed by atoms with Crippen molar-refractivity contribution in [3.8, 4) is 11.6 Å². The van der Waals surface area contributed by atoms with Crippen molar-refractivity contribution in [3.05, 3.63) is 83.8 Å². The Kier molecular flexibility index (Phi) is 6.97. The van der Waals surface area contributed by atoms with Gasteiger partial charge in [0.1, 0.15) is 17.6 Å². The summed E-state index contributed by atoms with van der Waals surface area (Å²) in [5.74, 6) is -0.365. The van der Waals surface area contributed by atoms with Gasteiger partial charge in [0, 0.05) is 11.6 Å².